The van der Waals surface area contributed by atoms with Crippen LogP contribution in [-0.2, 0) is 14.4 Å². The number of ether oxygens (including phenoxy) is 1. The van der Waals surface area contributed by atoms with Crippen molar-refractivity contribution < 1.29 is 24.2 Å². The molecule has 1 heterocycles. The number of hydrogen-bond acceptors (Lipinski definition) is 4. The zero-order valence-corrected chi connectivity index (χ0v) is 16.2. The van der Waals surface area contributed by atoms with E-state index in [9.17, 15) is 14.4 Å². The third kappa shape index (κ3) is 5.13. The Bertz CT molecular complexity index is 884. The van der Waals surface area contributed by atoms with E-state index >= 15 is 0 Å². The van der Waals surface area contributed by atoms with Crippen LogP contribution in [0.5, 0.6) is 5.75 Å². The number of aliphatic carboxylic acids is 1. The average Bonchev–Trinajstić information content (AvgIpc) is 2.72. The first-order valence-corrected chi connectivity index (χ1v) is 9.59. The van der Waals surface area contributed by atoms with Crippen molar-refractivity contribution >= 4 is 23.5 Å². The van der Waals surface area contributed by atoms with Gasteiger partial charge in [-0.25, -0.2) is 0 Å². The molecule has 2 N–H and O–H groups in total. The summed E-state index contributed by atoms with van der Waals surface area (Å²) >= 11 is 0. The van der Waals surface area contributed by atoms with Crippen LogP contribution in [0.25, 0.3) is 0 Å². The number of para-hydroxylation sites is 2. The van der Waals surface area contributed by atoms with Gasteiger partial charge in [-0.3, -0.25) is 14.4 Å². The molecular formula is C22H24N2O5. The zero-order valence-electron chi connectivity index (χ0n) is 16.2. The van der Waals surface area contributed by atoms with Gasteiger partial charge >= 0.3 is 5.97 Å². The molecule has 2 aromatic carbocycles. The van der Waals surface area contributed by atoms with Crippen LogP contribution in [0.4, 0.5) is 5.69 Å². The maximum absolute atomic E-state index is 12.6. The number of rotatable bonds is 8. The molecule has 0 spiro atoms. The normalized spacial score (nSPS) is 16.5. The van der Waals surface area contributed by atoms with E-state index in [2.05, 4.69) is 5.32 Å². The molecule has 0 saturated carbocycles. The van der Waals surface area contributed by atoms with E-state index in [1.165, 1.54) is 0 Å². The Labute approximate surface area is 169 Å². The van der Waals surface area contributed by atoms with Gasteiger partial charge in [0.1, 0.15) is 5.75 Å². The Hall–Kier alpha value is -3.35. The maximum Gasteiger partial charge on any atom is 0.303 e. The summed E-state index contributed by atoms with van der Waals surface area (Å²) in [4.78, 5) is 37.6. The van der Waals surface area contributed by atoms with Crippen LogP contribution in [-0.4, -0.2) is 35.5 Å². The van der Waals surface area contributed by atoms with Crippen molar-refractivity contribution in [2.24, 2.45) is 0 Å². The van der Waals surface area contributed by atoms with E-state index in [1.54, 1.807) is 24.0 Å². The smallest absolute Gasteiger partial charge is 0.303 e. The molecule has 152 valence electrons. The van der Waals surface area contributed by atoms with Crippen LogP contribution in [0, 0.1) is 0 Å². The number of hydrogen-bond donors (Lipinski definition) is 2. The Morgan fingerprint density at radius 3 is 2.52 bits per heavy atom. The first kappa shape index (κ1) is 20.4. The van der Waals surface area contributed by atoms with E-state index in [1.807, 2.05) is 42.5 Å². The van der Waals surface area contributed by atoms with Gasteiger partial charge in [0.25, 0.3) is 5.91 Å². The summed E-state index contributed by atoms with van der Waals surface area (Å²) in [5.74, 6) is -0.732. The first-order chi connectivity index (χ1) is 14.0. The van der Waals surface area contributed by atoms with Crippen molar-refractivity contribution in [2.45, 2.75) is 38.3 Å². The summed E-state index contributed by atoms with van der Waals surface area (Å²) in [6, 6.07) is 16.1. The lowest BCUT2D eigenvalue weighted by Crippen LogP contribution is -2.46. The molecule has 1 aliphatic heterocycles. The van der Waals surface area contributed by atoms with E-state index in [-0.39, 0.29) is 31.2 Å². The van der Waals surface area contributed by atoms with Gasteiger partial charge in [-0.2, -0.15) is 0 Å². The van der Waals surface area contributed by atoms with Crippen LogP contribution in [0.15, 0.2) is 54.6 Å². The highest BCUT2D eigenvalue weighted by Crippen LogP contribution is 2.33. The fourth-order valence-electron chi connectivity index (χ4n) is 3.34. The number of anilines is 1. The largest absolute Gasteiger partial charge is 0.481 e. The molecule has 7 nitrogen and oxygen atoms in total. The van der Waals surface area contributed by atoms with Crippen LogP contribution in [0.2, 0.25) is 0 Å². The molecule has 0 saturated heterocycles. The number of carboxylic acids is 1. The van der Waals surface area contributed by atoms with Gasteiger partial charge in [0.2, 0.25) is 5.91 Å². The Kier molecular flexibility index (Phi) is 6.49. The number of nitrogens with zero attached hydrogens (tertiary/aromatic N) is 1. The van der Waals surface area contributed by atoms with Crippen molar-refractivity contribution in [1.82, 2.24) is 5.32 Å². The monoisotopic (exact) mass is 396 g/mol. The van der Waals surface area contributed by atoms with Gasteiger partial charge in [0, 0.05) is 19.4 Å². The lowest BCUT2D eigenvalue weighted by molar-refractivity contribution is -0.137. The van der Waals surface area contributed by atoms with Gasteiger partial charge in [-0.15, -0.1) is 0 Å². The Morgan fingerprint density at radius 1 is 1.10 bits per heavy atom. The Balaban J connectivity index is 1.66. The molecule has 0 unspecified atom stereocenters. The minimum atomic E-state index is -0.912. The molecule has 0 bridgehead atoms. The highest BCUT2D eigenvalue weighted by atomic mass is 16.5. The molecule has 29 heavy (non-hydrogen) atoms. The number of benzene rings is 2. The van der Waals surface area contributed by atoms with E-state index < -0.39 is 18.1 Å². The minimum absolute atomic E-state index is 0.0489. The minimum Gasteiger partial charge on any atom is -0.481 e. The second-order valence-electron chi connectivity index (χ2n) is 6.93. The standard InChI is InChI=1S/C22H24N2O5/c1-15-22(28)24(18-9-5-6-10-19(18)29-15)14-13-20(25)23-17(11-12-21(26)27)16-7-3-2-4-8-16/h2-10,15,17H,11-14H2,1H3,(H,23,25)(H,26,27)/t15-,17+/m0/s1. The van der Waals surface area contributed by atoms with Crippen molar-refractivity contribution in [1.29, 1.82) is 0 Å². The Morgan fingerprint density at radius 2 is 1.79 bits per heavy atom. The second-order valence-corrected chi connectivity index (χ2v) is 6.93. The number of carbonyl (C=O) groups is 3. The molecule has 7 heteroatoms. The second kappa shape index (κ2) is 9.23. The molecule has 2 amide bonds. The van der Waals surface area contributed by atoms with Gasteiger partial charge in [0.05, 0.1) is 11.7 Å². The summed E-state index contributed by atoms with van der Waals surface area (Å²) in [5.41, 5.74) is 1.50. The third-order valence-electron chi connectivity index (χ3n) is 4.82. The van der Waals surface area contributed by atoms with Crippen molar-refractivity contribution in [3.8, 4) is 5.75 Å². The van der Waals surface area contributed by atoms with Gasteiger partial charge in [0.15, 0.2) is 6.10 Å². The number of fused-ring (bicyclic) bond motifs is 1. The molecule has 3 rings (SSSR count). The summed E-state index contributed by atoms with van der Waals surface area (Å²) < 4.78 is 5.61. The summed E-state index contributed by atoms with van der Waals surface area (Å²) in [6.45, 7) is 1.90. The highest BCUT2D eigenvalue weighted by molar-refractivity contribution is 6.00. The van der Waals surface area contributed by atoms with Crippen molar-refractivity contribution in [3.63, 3.8) is 0 Å². The lowest BCUT2D eigenvalue weighted by Gasteiger charge is -2.33. The fraction of sp³-hybridized carbons (Fsp3) is 0.318. The maximum atomic E-state index is 12.6. The zero-order chi connectivity index (χ0) is 20.8. The summed E-state index contributed by atoms with van der Waals surface area (Å²) in [6.07, 6.45) is -0.266. The van der Waals surface area contributed by atoms with Gasteiger partial charge in [-0.05, 0) is 31.0 Å². The predicted molar refractivity (Wildman–Crippen MR) is 108 cm³/mol. The van der Waals surface area contributed by atoms with Gasteiger partial charge < -0.3 is 20.1 Å². The number of amides is 2. The average molecular weight is 396 g/mol. The van der Waals surface area contributed by atoms with Crippen LogP contribution in [0.1, 0.15) is 37.8 Å². The van der Waals surface area contributed by atoms with Crippen molar-refractivity contribution in [3.05, 3.63) is 60.2 Å². The van der Waals surface area contributed by atoms with E-state index in [4.69, 9.17) is 9.84 Å². The van der Waals surface area contributed by atoms with E-state index in [0.29, 0.717) is 17.9 Å². The topological polar surface area (TPSA) is 95.9 Å². The highest BCUT2D eigenvalue weighted by Gasteiger charge is 2.31. The summed E-state index contributed by atoms with van der Waals surface area (Å²) in [7, 11) is 0. The van der Waals surface area contributed by atoms with Crippen LogP contribution in [0.3, 0.4) is 0 Å². The quantitative estimate of drug-likeness (QED) is 0.715. The number of carbonyl (C=O) groups excluding carboxylic acids is 2. The predicted octanol–water partition coefficient (Wildman–Crippen LogP) is 2.91. The van der Waals surface area contributed by atoms with Gasteiger partial charge in [-0.1, -0.05) is 42.5 Å². The molecule has 2 aromatic rings. The molecule has 0 radical (unpaired) electrons. The molecule has 1 aliphatic rings. The lowest BCUT2D eigenvalue weighted by atomic mass is 10.0. The molecule has 0 aliphatic carbocycles. The number of nitrogens with one attached hydrogen (secondary N) is 1. The molecule has 0 fully saturated rings. The summed E-state index contributed by atoms with van der Waals surface area (Å²) in [5, 5.41) is 11.9. The van der Waals surface area contributed by atoms with Crippen LogP contribution < -0.4 is 15.0 Å². The van der Waals surface area contributed by atoms with Crippen molar-refractivity contribution in [2.75, 3.05) is 11.4 Å². The molecule has 0 aromatic heterocycles. The third-order valence-corrected chi connectivity index (χ3v) is 4.82. The molecular weight excluding hydrogens is 372 g/mol. The fourth-order valence-corrected chi connectivity index (χ4v) is 3.34. The first-order valence-electron chi connectivity index (χ1n) is 9.59. The van der Waals surface area contributed by atoms with E-state index in [0.717, 1.165) is 5.56 Å². The molecule has 2 atom stereocenters. The SMILES string of the molecule is C[C@@H]1Oc2ccccc2N(CCC(=O)N[C@H](CCC(=O)O)c2ccccc2)C1=O. The number of carboxylic acid groups (broad SMARTS) is 1. The van der Waals surface area contributed by atoms with Crippen LogP contribution >= 0.6 is 0 Å².